The van der Waals surface area contributed by atoms with E-state index in [1.54, 1.807) is 31.4 Å². The number of nitrogen functional groups attached to an aromatic ring is 1. The van der Waals surface area contributed by atoms with E-state index in [0.717, 1.165) is 16.6 Å². The number of hydrogen-bond acceptors (Lipinski definition) is 4. The zero-order valence-electron chi connectivity index (χ0n) is 11.8. The molecule has 0 aliphatic carbocycles. The van der Waals surface area contributed by atoms with Gasteiger partial charge in [0.25, 0.3) is 5.91 Å². The predicted molar refractivity (Wildman–Crippen MR) is 86.7 cm³/mol. The Morgan fingerprint density at radius 1 is 1.33 bits per heavy atom. The molecule has 0 bridgehead atoms. The number of carbonyl (C=O) groups excluding carboxylic acids is 1. The van der Waals surface area contributed by atoms with E-state index in [-0.39, 0.29) is 5.91 Å². The first kappa shape index (κ1) is 15.3. The zero-order chi connectivity index (χ0) is 15.4. The van der Waals surface area contributed by atoms with Gasteiger partial charge in [-0.25, -0.2) is 4.98 Å². The van der Waals surface area contributed by atoms with Crippen LogP contribution < -0.4 is 15.8 Å². The van der Waals surface area contributed by atoms with Crippen LogP contribution in [0.2, 0.25) is 0 Å². The van der Waals surface area contributed by atoms with E-state index in [1.165, 1.54) is 0 Å². The summed E-state index contributed by atoms with van der Waals surface area (Å²) in [6.45, 7) is 1.96. The van der Waals surface area contributed by atoms with Crippen LogP contribution in [0.15, 0.2) is 34.8 Å². The highest BCUT2D eigenvalue weighted by Crippen LogP contribution is 2.25. The Morgan fingerprint density at radius 2 is 2.10 bits per heavy atom. The fraction of sp³-hybridized carbons (Fsp3) is 0.200. The summed E-state index contributed by atoms with van der Waals surface area (Å²) in [6.07, 6.45) is 0.718. The quantitative estimate of drug-likeness (QED) is 0.887. The van der Waals surface area contributed by atoms with Crippen LogP contribution in [0.1, 0.15) is 23.0 Å². The van der Waals surface area contributed by atoms with Crippen LogP contribution in [0.4, 0.5) is 11.5 Å². The van der Waals surface area contributed by atoms with E-state index < -0.39 is 0 Å². The molecule has 1 aromatic heterocycles. The van der Waals surface area contributed by atoms with Gasteiger partial charge in [-0.2, -0.15) is 0 Å². The molecule has 0 saturated carbocycles. The van der Waals surface area contributed by atoms with Crippen molar-refractivity contribution >= 4 is 33.3 Å². The summed E-state index contributed by atoms with van der Waals surface area (Å²) in [6, 6.07) is 8.65. The molecule has 0 saturated heterocycles. The van der Waals surface area contributed by atoms with Gasteiger partial charge in [0.05, 0.1) is 7.11 Å². The number of rotatable bonds is 4. The lowest BCUT2D eigenvalue weighted by Gasteiger charge is -2.09. The maximum absolute atomic E-state index is 12.3. The Balaban J connectivity index is 2.25. The molecule has 1 heterocycles. The Labute approximate surface area is 131 Å². The van der Waals surface area contributed by atoms with Crippen molar-refractivity contribution in [3.8, 4) is 5.75 Å². The molecular weight excluding hydrogens is 334 g/mol. The number of benzene rings is 1. The van der Waals surface area contributed by atoms with E-state index >= 15 is 0 Å². The molecule has 0 aliphatic heterocycles. The summed E-state index contributed by atoms with van der Waals surface area (Å²) in [5.41, 5.74) is 7.62. The molecule has 3 N–H and O–H groups in total. The molecule has 0 radical (unpaired) electrons. The summed E-state index contributed by atoms with van der Waals surface area (Å²) in [7, 11) is 1.57. The van der Waals surface area contributed by atoms with Crippen LogP contribution in [-0.2, 0) is 6.42 Å². The largest absolute Gasteiger partial charge is 0.497 e. The topological polar surface area (TPSA) is 77.2 Å². The number of aromatic nitrogens is 1. The standard InChI is InChI=1S/C15H16BrN3O2/c1-3-11-4-9(5-14(17)18-11)15(20)19-12-6-10(16)7-13(8-12)21-2/h4-8H,3H2,1-2H3,(H2,17,18)(H,19,20). The van der Waals surface area contributed by atoms with Crippen molar-refractivity contribution in [1.29, 1.82) is 0 Å². The molecule has 0 spiro atoms. The van der Waals surface area contributed by atoms with Gasteiger partial charge in [-0.3, -0.25) is 4.79 Å². The number of hydrogen-bond donors (Lipinski definition) is 2. The molecule has 5 nitrogen and oxygen atoms in total. The number of anilines is 2. The summed E-state index contributed by atoms with van der Waals surface area (Å²) in [5, 5.41) is 2.82. The van der Waals surface area contributed by atoms with Gasteiger partial charge in [0.15, 0.2) is 0 Å². The second-order valence-electron chi connectivity index (χ2n) is 4.46. The van der Waals surface area contributed by atoms with Gasteiger partial charge in [-0.1, -0.05) is 22.9 Å². The van der Waals surface area contributed by atoms with Crippen LogP contribution in [0.3, 0.4) is 0 Å². The van der Waals surface area contributed by atoms with Crippen molar-refractivity contribution < 1.29 is 9.53 Å². The number of halogens is 1. The lowest BCUT2D eigenvalue weighted by Crippen LogP contribution is -2.13. The van der Waals surface area contributed by atoms with E-state index in [9.17, 15) is 4.79 Å². The third-order valence-corrected chi connectivity index (χ3v) is 3.35. The van der Waals surface area contributed by atoms with Crippen molar-refractivity contribution in [2.24, 2.45) is 0 Å². The van der Waals surface area contributed by atoms with Crippen molar-refractivity contribution in [1.82, 2.24) is 4.98 Å². The monoisotopic (exact) mass is 349 g/mol. The second-order valence-corrected chi connectivity index (χ2v) is 5.38. The first-order valence-electron chi connectivity index (χ1n) is 6.44. The number of amides is 1. The van der Waals surface area contributed by atoms with Gasteiger partial charge < -0.3 is 15.8 Å². The van der Waals surface area contributed by atoms with Crippen LogP contribution in [0.25, 0.3) is 0 Å². The molecule has 0 unspecified atom stereocenters. The van der Waals surface area contributed by atoms with E-state index in [1.807, 2.05) is 13.0 Å². The Kier molecular flexibility index (Phi) is 4.80. The number of nitrogens with one attached hydrogen (secondary N) is 1. The van der Waals surface area contributed by atoms with Crippen LogP contribution in [0, 0.1) is 0 Å². The SMILES string of the molecule is CCc1cc(C(=O)Nc2cc(Br)cc(OC)c2)cc(N)n1. The van der Waals surface area contributed by atoms with E-state index in [0.29, 0.717) is 22.8 Å². The number of aryl methyl sites for hydroxylation is 1. The van der Waals surface area contributed by atoms with E-state index in [4.69, 9.17) is 10.5 Å². The summed E-state index contributed by atoms with van der Waals surface area (Å²) < 4.78 is 5.99. The summed E-state index contributed by atoms with van der Waals surface area (Å²) in [4.78, 5) is 16.4. The normalized spacial score (nSPS) is 10.2. The molecule has 2 aromatic rings. The van der Waals surface area contributed by atoms with Gasteiger partial charge in [0.2, 0.25) is 0 Å². The van der Waals surface area contributed by atoms with Gasteiger partial charge >= 0.3 is 0 Å². The van der Waals surface area contributed by atoms with Crippen molar-refractivity contribution in [3.05, 3.63) is 46.1 Å². The molecule has 1 aromatic carbocycles. The number of carbonyl (C=O) groups is 1. The second kappa shape index (κ2) is 6.58. The number of ether oxygens (including phenoxy) is 1. The summed E-state index contributed by atoms with van der Waals surface area (Å²) in [5.74, 6) is 0.758. The lowest BCUT2D eigenvalue weighted by atomic mass is 10.1. The maximum atomic E-state index is 12.3. The smallest absolute Gasteiger partial charge is 0.255 e. The fourth-order valence-corrected chi connectivity index (χ4v) is 2.35. The highest BCUT2D eigenvalue weighted by molar-refractivity contribution is 9.10. The number of nitrogens with two attached hydrogens (primary N) is 1. The van der Waals surface area contributed by atoms with Crippen LogP contribution in [-0.4, -0.2) is 18.0 Å². The minimum Gasteiger partial charge on any atom is -0.497 e. The maximum Gasteiger partial charge on any atom is 0.255 e. The number of nitrogens with zero attached hydrogens (tertiary/aromatic N) is 1. The predicted octanol–water partition coefficient (Wildman–Crippen LogP) is 3.25. The van der Waals surface area contributed by atoms with Crippen molar-refractivity contribution in [2.75, 3.05) is 18.2 Å². The zero-order valence-corrected chi connectivity index (χ0v) is 13.4. The first-order chi connectivity index (χ1) is 10.0. The third-order valence-electron chi connectivity index (χ3n) is 2.89. The molecule has 21 heavy (non-hydrogen) atoms. The van der Waals surface area contributed by atoms with Crippen molar-refractivity contribution in [3.63, 3.8) is 0 Å². The molecule has 6 heteroatoms. The Morgan fingerprint density at radius 3 is 2.76 bits per heavy atom. The van der Waals surface area contributed by atoms with Gasteiger partial charge in [-0.05, 0) is 30.7 Å². The van der Waals surface area contributed by atoms with Crippen LogP contribution >= 0.6 is 15.9 Å². The van der Waals surface area contributed by atoms with Gasteiger partial charge in [0.1, 0.15) is 11.6 Å². The molecular formula is C15H16BrN3O2. The first-order valence-corrected chi connectivity index (χ1v) is 7.23. The van der Waals surface area contributed by atoms with Gasteiger partial charge in [0, 0.05) is 27.5 Å². The summed E-state index contributed by atoms with van der Waals surface area (Å²) >= 11 is 3.37. The molecule has 1 amide bonds. The van der Waals surface area contributed by atoms with Crippen LogP contribution in [0.5, 0.6) is 5.75 Å². The highest BCUT2D eigenvalue weighted by Gasteiger charge is 2.10. The minimum absolute atomic E-state index is 0.237. The van der Waals surface area contributed by atoms with E-state index in [2.05, 4.69) is 26.2 Å². The average Bonchev–Trinajstić information content (AvgIpc) is 2.45. The molecule has 0 aliphatic rings. The average molecular weight is 350 g/mol. The Hall–Kier alpha value is -2.08. The van der Waals surface area contributed by atoms with Crippen molar-refractivity contribution in [2.45, 2.75) is 13.3 Å². The highest BCUT2D eigenvalue weighted by atomic mass is 79.9. The number of methoxy groups -OCH3 is 1. The lowest BCUT2D eigenvalue weighted by molar-refractivity contribution is 0.102. The molecule has 0 atom stereocenters. The Bertz CT molecular complexity index is 674. The molecule has 2 rings (SSSR count). The number of pyridine rings is 1. The third kappa shape index (κ3) is 3.95. The molecule has 0 fully saturated rings. The fourth-order valence-electron chi connectivity index (χ4n) is 1.88. The minimum atomic E-state index is -0.237. The van der Waals surface area contributed by atoms with Gasteiger partial charge in [-0.15, -0.1) is 0 Å². The molecule has 110 valence electrons.